The number of carbonyl (C=O) groups excluding carboxylic acids is 1. The number of ether oxygens (including phenoxy) is 1. The molecule has 0 spiro atoms. The van der Waals surface area contributed by atoms with Gasteiger partial charge in [-0.1, -0.05) is 42.4 Å². The summed E-state index contributed by atoms with van der Waals surface area (Å²) in [6.07, 6.45) is 0.881. The predicted molar refractivity (Wildman–Crippen MR) is 113 cm³/mol. The first-order valence-corrected chi connectivity index (χ1v) is 9.97. The Labute approximate surface area is 164 Å². The average Bonchev–Trinajstić information content (AvgIpc) is 2.66. The SMILES string of the molecule is CCc1cc2cc(C)cc(C)c2nc1SCC(=O)Nc1ccccc1OC. The number of rotatable bonds is 6. The molecule has 3 aromatic rings. The molecule has 0 bridgehead atoms. The molecule has 0 aliphatic heterocycles. The number of fused-ring (bicyclic) bond motifs is 1. The number of benzene rings is 2. The molecule has 5 heteroatoms. The number of hydrogen-bond acceptors (Lipinski definition) is 4. The molecule has 0 aliphatic rings. The lowest BCUT2D eigenvalue weighted by Gasteiger charge is -2.12. The van der Waals surface area contributed by atoms with Crippen LogP contribution in [0, 0.1) is 13.8 Å². The number of carbonyl (C=O) groups is 1. The third kappa shape index (κ3) is 4.42. The van der Waals surface area contributed by atoms with Crippen molar-refractivity contribution < 1.29 is 9.53 Å². The van der Waals surface area contributed by atoms with Crippen molar-refractivity contribution >= 4 is 34.3 Å². The first-order chi connectivity index (χ1) is 13.0. The molecule has 0 saturated heterocycles. The second-order valence-corrected chi connectivity index (χ2v) is 7.46. The van der Waals surface area contributed by atoms with Crippen LogP contribution in [0.4, 0.5) is 5.69 Å². The van der Waals surface area contributed by atoms with Crippen molar-refractivity contribution in [1.82, 2.24) is 4.98 Å². The van der Waals surface area contributed by atoms with E-state index in [1.54, 1.807) is 7.11 Å². The minimum atomic E-state index is -0.0749. The van der Waals surface area contributed by atoms with Crippen LogP contribution < -0.4 is 10.1 Å². The van der Waals surface area contributed by atoms with Gasteiger partial charge in [0.1, 0.15) is 10.8 Å². The highest BCUT2D eigenvalue weighted by Gasteiger charge is 2.12. The van der Waals surface area contributed by atoms with Crippen molar-refractivity contribution in [2.45, 2.75) is 32.2 Å². The Morgan fingerprint density at radius 3 is 2.70 bits per heavy atom. The van der Waals surface area contributed by atoms with E-state index in [9.17, 15) is 4.79 Å². The maximum absolute atomic E-state index is 12.4. The Bertz CT molecular complexity index is 985. The van der Waals surface area contributed by atoms with E-state index in [1.807, 2.05) is 24.3 Å². The van der Waals surface area contributed by atoms with Crippen molar-refractivity contribution in [2.75, 3.05) is 18.2 Å². The normalized spacial score (nSPS) is 10.8. The van der Waals surface area contributed by atoms with Crippen LogP contribution in [0.2, 0.25) is 0 Å². The third-order valence-electron chi connectivity index (χ3n) is 4.39. The second-order valence-electron chi connectivity index (χ2n) is 6.50. The zero-order valence-electron chi connectivity index (χ0n) is 16.1. The second kappa shape index (κ2) is 8.44. The lowest BCUT2D eigenvalue weighted by Crippen LogP contribution is -2.15. The summed E-state index contributed by atoms with van der Waals surface area (Å²) >= 11 is 1.48. The molecule has 140 valence electrons. The fourth-order valence-electron chi connectivity index (χ4n) is 3.12. The van der Waals surface area contributed by atoms with Gasteiger partial charge < -0.3 is 10.1 Å². The molecule has 1 heterocycles. The number of nitrogens with one attached hydrogen (secondary N) is 1. The maximum atomic E-state index is 12.4. The van der Waals surface area contributed by atoms with Gasteiger partial charge in [-0.25, -0.2) is 4.98 Å². The van der Waals surface area contributed by atoms with E-state index < -0.39 is 0 Å². The molecule has 2 aromatic carbocycles. The van der Waals surface area contributed by atoms with E-state index in [-0.39, 0.29) is 5.91 Å². The standard InChI is InChI=1S/C22H24N2O2S/c1-5-16-12-17-11-14(2)10-15(3)21(17)24-22(16)27-13-20(25)23-18-8-6-7-9-19(18)26-4/h6-12H,5,13H2,1-4H3,(H,23,25). The number of hydrogen-bond donors (Lipinski definition) is 1. The Balaban J connectivity index is 1.78. The summed E-state index contributed by atoms with van der Waals surface area (Å²) < 4.78 is 5.28. The van der Waals surface area contributed by atoms with Crippen LogP contribution in [-0.2, 0) is 11.2 Å². The summed E-state index contributed by atoms with van der Waals surface area (Å²) in [5, 5.41) is 5.00. The summed E-state index contributed by atoms with van der Waals surface area (Å²) in [4.78, 5) is 17.3. The maximum Gasteiger partial charge on any atom is 0.234 e. The van der Waals surface area contributed by atoms with E-state index in [0.29, 0.717) is 17.2 Å². The first kappa shape index (κ1) is 19.2. The van der Waals surface area contributed by atoms with Gasteiger partial charge in [0.15, 0.2) is 0 Å². The van der Waals surface area contributed by atoms with Gasteiger partial charge in [-0.3, -0.25) is 4.79 Å². The van der Waals surface area contributed by atoms with Crippen molar-refractivity contribution in [1.29, 1.82) is 0 Å². The van der Waals surface area contributed by atoms with Gasteiger partial charge in [-0.15, -0.1) is 0 Å². The van der Waals surface area contributed by atoms with E-state index in [2.05, 4.69) is 44.3 Å². The number of nitrogens with zero attached hydrogens (tertiary/aromatic N) is 1. The predicted octanol–water partition coefficient (Wildman–Crippen LogP) is 5.15. The molecule has 0 aliphatic carbocycles. The smallest absolute Gasteiger partial charge is 0.234 e. The minimum absolute atomic E-state index is 0.0749. The molecule has 1 amide bonds. The van der Waals surface area contributed by atoms with Crippen molar-refractivity contribution in [3.05, 3.63) is 59.2 Å². The molecule has 0 unspecified atom stereocenters. The topological polar surface area (TPSA) is 51.2 Å². The van der Waals surface area contributed by atoms with E-state index in [4.69, 9.17) is 9.72 Å². The van der Waals surface area contributed by atoms with E-state index in [0.717, 1.165) is 27.9 Å². The van der Waals surface area contributed by atoms with Gasteiger partial charge in [0.25, 0.3) is 0 Å². The Kier molecular flexibility index (Phi) is 6.01. The highest BCUT2D eigenvalue weighted by molar-refractivity contribution is 8.00. The molecule has 1 N–H and O–H groups in total. The van der Waals surface area contributed by atoms with Crippen LogP contribution in [0.3, 0.4) is 0 Å². The van der Waals surface area contributed by atoms with Gasteiger partial charge in [-0.2, -0.15) is 0 Å². The Morgan fingerprint density at radius 1 is 1.19 bits per heavy atom. The van der Waals surface area contributed by atoms with Crippen LogP contribution in [0.5, 0.6) is 5.75 Å². The molecule has 0 fully saturated rings. The Morgan fingerprint density at radius 2 is 1.96 bits per heavy atom. The third-order valence-corrected chi connectivity index (χ3v) is 5.43. The largest absolute Gasteiger partial charge is 0.495 e. The molecule has 1 aromatic heterocycles. The zero-order valence-corrected chi connectivity index (χ0v) is 16.9. The minimum Gasteiger partial charge on any atom is -0.495 e. The summed E-state index contributed by atoms with van der Waals surface area (Å²) in [7, 11) is 1.59. The summed E-state index contributed by atoms with van der Waals surface area (Å²) in [6.45, 7) is 6.30. The number of thioether (sulfide) groups is 1. The van der Waals surface area contributed by atoms with Crippen molar-refractivity contribution in [2.24, 2.45) is 0 Å². The number of amides is 1. The molecule has 0 radical (unpaired) electrons. The van der Waals surface area contributed by atoms with Gasteiger partial charge in [-0.05, 0) is 55.7 Å². The van der Waals surface area contributed by atoms with Crippen LogP contribution in [0.1, 0.15) is 23.6 Å². The quantitative estimate of drug-likeness (QED) is 0.601. The summed E-state index contributed by atoms with van der Waals surface area (Å²) in [6, 6.07) is 13.9. The molecule has 3 rings (SSSR count). The lowest BCUT2D eigenvalue weighted by molar-refractivity contribution is -0.113. The van der Waals surface area contributed by atoms with Gasteiger partial charge >= 0.3 is 0 Å². The van der Waals surface area contributed by atoms with E-state index >= 15 is 0 Å². The number of pyridine rings is 1. The average molecular weight is 381 g/mol. The molecule has 0 saturated carbocycles. The van der Waals surface area contributed by atoms with Gasteiger partial charge in [0, 0.05) is 5.39 Å². The monoisotopic (exact) mass is 380 g/mol. The molecule has 4 nitrogen and oxygen atoms in total. The molecule has 0 atom stereocenters. The van der Waals surface area contributed by atoms with Crippen molar-refractivity contribution in [3.8, 4) is 5.75 Å². The van der Waals surface area contributed by atoms with E-state index in [1.165, 1.54) is 22.9 Å². The van der Waals surface area contributed by atoms with Gasteiger partial charge in [0.2, 0.25) is 5.91 Å². The molecular formula is C22H24N2O2S. The molecule has 27 heavy (non-hydrogen) atoms. The highest BCUT2D eigenvalue weighted by atomic mass is 32.2. The van der Waals surface area contributed by atoms with Crippen LogP contribution in [-0.4, -0.2) is 23.8 Å². The van der Waals surface area contributed by atoms with Crippen LogP contribution in [0.25, 0.3) is 10.9 Å². The number of anilines is 1. The number of para-hydroxylation sites is 2. The summed E-state index contributed by atoms with van der Waals surface area (Å²) in [5.41, 5.74) is 5.25. The van der Waals surface area contributed by atoms with Crippen molar-refractivity contribution in [3.63, 3.8) is 0 Å². The first-order valence-electron chi connectivity index (χ1n) is 8.98. The fourth-order valence-corrected chi connectivity index (χ4v) is 4.01. The highest BCUT2D eigenvalue weighted by Crippen LogP contribution is 2.29. The number of aromatic nitrogens is 1. The summed E-state index contributed by atoms with van der Waals surface area (Å²) in [5.74, 6) is 0.878. The number of aryl methyl sites for hydroxylation is 3. The number of methoxy groups -OCH3 is 1. The van der Waals surface area contributed by atoms with Crippen LogP contribution >= 0.6 is 11.8 Å². The Hall–Kier alpha value is -2.53. The lowest BCUT2D eigenvalue weighted by atomic mass is 10.0. The van der Waals surface area contributed by atoms with Gasteiger partial charge in [0.05, 0.1) is 24.1 Å². The zero-order chi connectivity index (χ0) is 19.4. The molecular weight excluding hydrogens is 356 g/mol. The van der Waals surface area contributed by atoms with Crippen LogP contribution in [0.15, 0.2) is 47.5 Å². The fraction of sp³-hybridized carbons (Fsp3) is 0.273.